The number of hydrogen-bond acceptors (Lipinski definition) is 2. The fraction of sp³-hybridized carbons (Fsp3) is 0.182. The van der Waals surface area contributed by atoms with Crippen LogP contribution in [0.1, 0.15) is 11.1 Å². The minimum atomic E-state index is 0.0720. The molecule has 0 fully saturated rings. The molecule has 0 aliphatic rings. The molecule has 0 heterocycles. The second-order valence-corrected chi connectivity index (χ2v) is 2.87. The quantitative estimate of drug-likeness (QED) is 0.321. The normalized spacial score (nSPS) is 9.71. The Bertz CT molecular complexity index is 334. The van der Waals surface area contributed by atoms with Gasteiger partial charge in [0.25, 0.3) is 0 Å². The van der Waals surface area contributed by atoms with E-state index in [0.717, 1.165) is 11.1 Å². The van der Waals surface area contributed by atoms with Crippen molar-refractivity contribution >= 4 is 5.84 Å². The van der Waals surface area contributed by atoms with Crippen molar-refractivity contribution in [3.63, 3.8) is 0 Å². The van der Waals surface area contributed by atoms with Gasteiger partial charge < -0.3 is 10.5 Å². The highest BCUT2D eigenvalue weighted by atomic mass is 16.5. The molecule has 0 aromatic heterocycles. The summed E-state index contributed by atoms with van der Waals surface area (Å²) in [4.78, 5) is 0. The minimum Gasteiger partial charge on any atom is -0.384 e. The van der Waals surface area contributed by atoms with Gasteiger partial charge in [0.2, 0.25) is 0 Å². The third-order valence-corrected chi connectivity index (χ3v) is 1.80. The summed E-state index contributed by atoms with van der Waals surface area (Å²) in [6.45, 7) is 4.52. The third-order valence-electron chi connectivity index (χ3n) is 1.80. The number of amidine groups is 1. The number of hydrogen-bond donors (Lipinski definition) is 2. The molecule has 3 nitrogen and oxygen atoms in total. The highest BCUT2D eigenvalue weighted by Crippen LogP contribution is 2.09. The second-order valence-electron chi connectivity index (χ2n) is 2.87. The molecule has 0 unspecified atom stereocenters. The van der Waals surface area contributed by atoms with E-state index in [1.54, 1.807) is 6.08 Å². The van der Waals surface area contributed by atoms with Crippen LogP contribution in [0.2, 0.25) is 0 Å². The molecule has 0 aliphatic carbocycles. The van der Waals surface area contributed by atoms with Crippen LogP contribution in [0, 0.1) is 5.41 Å². The molecule has 74 valence electrons. The number of nitrogens with one attached hydrogen (secondary N) is 1. The van der Waals surface area contributed by atoms with Crippen molar-refractivity contribution in [1.29, 1.82) is 5.41 Å². The van der Waals surface area contributed by atoms with Gasteiger partial charge in [-0.3, -0.25) is 5.41 Å². The molecular weight excluding hydrogens is 176 g/mol. The molecular formula is C11H14N2O. The first-order valence-corrected chi connectivity index (χ1v) is 4.36. The van der Waals surface area contributed by atoms with Gasteiger partial charge in [-0.1, -0.05) is 30.3 Å². The maximum Gasteiger partial charge on any atom is 0.123 e. The molecule has 0 atom stereocenters. The largest absolute Gasteiger partial charge is 0.384 e. The Kier molecular flexibility index (Phi) is 3.88. The monoisotopic (exact) mass is 190 g/mol. The maximum atomic E-state index is 7.36. The molecule has 0 saturated heterocycles. The van der Waals surface area contributed by atoms with Crippen LogP contribution in [0.3, 0.4) is 0 Å². The SMILES string of the molecule is C=CCOCc1ccccc1C(=N)N. The molecule has 3 N–H and O–H groups in total. The molecule has 3 heteroatoms. The number of benzene rings is 1. The van der Waals surface area contributed by atoms with Crippen LogP contribution in [0.5, 0.6) is 0 Å². The third kappa shape index (κ3) is 2.71. The van der Waals surface area contributed by atoms with Gasteiger partial charge in [-0.2, -0.15) is 0 Å². The molecule has 0 saturated carbocycles. The summed E-state index contributed by atoms with van der Waals surface area (Å²) in [6.07, 6.45) is 1.69. The highest BCUT2D eigenvalue weighted by Gasteiger charge is 2.03. The van der Waals surface area contributed by atoms with E-state index in [0.29, 0.717) is 13.2 Å². The van der Waals surface area contributed by atoms with E-state index in [2.05, 4.69) is 6.58 Å². The lowest BCUT2D eigenvalue weighted by atomic mass is 10.1. The lowest BCUT2D eigenvalue weighted by Crippen LogP contribution is -2.14. The zero-order valence-electron chi connectivity index (χ0n) is 7.99. The smallest absolute Gasteiger partial charge is 0.123 e. The topological polar surface area (TPSA) is 59.1 Å². The first kappa shape index (κ1) is 10.5. The van der Waals surface area contributed by atoms with Gasteiger partial charge in [0.05, 0.1) is 13.2 Å². The highest BCUT2D eigenvalue weighted by molar-refractivity contribution is 5.96. The molecule has 0 radical (unpaired) electrons. The van der Waals surface area contributed by atoms with Crippen LogP contribution in [0.15, 0.2) is 36.9 Å². The average molecular weight is 190 g/mol. The maximum absolute atomic E-state index is 7.36. The average Bonchev–Trinajstić information content (AvgIpc) is 2.19. The van der Waals surface area contributed by atoms with Crippen molar-refractivity contribution in [3.05, 3.63) is 48.0 Å². The van der Waals surface area contributed by atoms with E-state index in [4.69, 9.17) is 15.9 Å². The van der Waals surface area contributed by atoms with Gasteiger partial charge in [-0.05, 0) is 5.56 Å². The number of ether oxygens (including phenoxy) is 1. The molecule has 14 heavy (non-hydrogen) atoms. The predicted molar refractivity (Wildman–Crippen MR) is 57.3 cm³/mol. The summed E-state index contributed by atoms with van der Waals surface area (Å²) < 4.78 is 5.29. The lowest BCUT2D eigenvalue weighted by molar-refractivity contribution is 0.149. The first-order chi connectivity index (χ1) is 6.75. The predicted octanol–water partition coefficient (Wildman–Crippen LogP) is 1.67. The molecule has 0 aliphatic heterocycles. The molecule has 1 aromatic rings. The molecule has 0 bridgehead atoms. The summed E-state index contributed by atoms with van der Waals surface area (Å²) in [5.41, 5.74) is 7.09. The van der Waals surface area contributed by atoms with Crippen molar-refractivity contribution in [3.8, 4) is 0 Å². The van der Waals surface area contributed by atoms with E-state index < -0.39 is 0 Å². The molecule has 1 aromatic carbocycles. The summed E-state index contributed by atoms with van der Waals surface area (Å²) in [7, 11) is 0. The van der Waals surface area contributed by atoms with Crippen LogP contribution in [0.25, 0.3) is 0 Å². The van der Waals surface area contributed by atoms with Gasteiger partial charge in [-0.15, -0.1) is 6.58 Å². The Hall–Kier alpha value is -1.61. The zero-order chi connectivity index (χ0) is 10.4. The minimum absolute atomic E-state index is 0.0720. The number of nitrogen functional groups attached to an aromatic ring is 1. The van der Waals surface area contributed by atoms with Gasteiger partial charge >= 0.3 is 0 Å². The first-order valence-electron chi connectivity index (χ1n) is 4.36. The molecule has 1 rings (SSSR count). The number of nitrogens with two attached hydrogens (primary N) is 1. The number of rotatable bonds is 5. The van der Waals surface area contributed by atoms with Crippen molar-refractivity contribution < 1.29 is 4.74 Å². The van der Waals surface area contributed by atoms with E-state index in [1.807, 2.05) is 24.3 Å². The van der Waals surface area contributed by atoms with Crippen LogP contribution < -0.4 is 5.73 Å². The van der Waals surface area contributed by atoms with Crippen LogP contribution >= 0.6 is 0 Å². The summed E-state index contributed by atoms with van der Waals surface area (Å²) in [5.74, 6) is 0.0720. The second kappa shape index (κ2) is 5.19. The van der Waals surface area contributed by atoms with E-state index in [-0.39, 0.29) is 5.84 Å². The Labute approximate surface area is 83.7 Å². The van der Waals surface area contributed by atoms with Crippen molar-refractivity contribution in [2.45, 2.75) is 6.61 Å². The molecule has 0 spiro atoms. The van der Waals surface area contributed by atoms with Crippen LogP contribution in [0.4, 0.5) is 0 Å². The Morgan fingerprint density at radius 1 is 1.50 bits per heavy atom. The van der Waals surface area contributed by atoms with Gasteiger partial charge in [-0.25, -0.2) is 0 Å². The van der Waals surface area contributed by atoms with Crippen molar-refractivity contribution in [2.24, 2.45) is 5.73 Å². The Morgan fingerprint density at radius 2 is 2.21 bits per heavy atom. The van der Waals surface area contributed by atoms with Crippen LogP contribution in [-0.2, 0) is 11.3 Å². The lowest BCUT2D eigenvalue weighted by Gasteiger charge is -2.07. The summed E-state index contributed by atoms with van der Waals surface area (Å²) in [5, 5.41) is 7.36. The van der Waals surface area contributed by atoms with Gasteiger partial charge in [0.1, 0.15) is 5.84 Å². The van der Waals surface area contributed by atoms with E-state index in [9.17, 15) is 0 Å². The standard InChI is InChI=1S/C11H14N2O/c1-2-7-14-8-9-5-3-4-6-10(9)11(12)13/h2-6H,1,7-8H2,(H3,12,13). The van der Waals surface area contributed by atoms with Gasteiger partial charge in [0, 0.05) is 5.56 Å². The zero-order valence-corrected chi connectivity index (χ0v) is 7.99. The summed E-state index contributed by atoms with van der Waals surface area (Å²) >= 11 is 0. The van der Waals surface area contributed by atoms with Gasteiger partial charge in [0.15, 0.2) is 0 Å². The van der Waals surface area contributed by atoms with E-state index in [1.165, 1.54) is 0 Å². The summed E-state index contributed by atoms with van der Waals surface area (Å²) in [6, 6.07) is 7.47. The van der Waals surface area contributed by atoms with Crippen LogP contribution in [-0.4, -0.2) is 12.4 Å². The Balaban J connectivity index is 2.74. The fourth-order valence-corrected chi connectivity index (χ4v) is 1.16. The van der Waals surface area contributed by atoms with Crippen molar-refractivity contribution in [2.75, 3.05) is 6.61 Å². The Morgan fingerprint density at radius 3 is 2.86 bits per heavy atom. The van der Waals surface area contributed by atoms with Crippen molar-refractivity contribution in [1.82, 2.24) is 0 Å². The molecule has 0 amide bonds. The van der Waals surface area contributed by atoms with E-state index >= 15 is 0 Å². The fourth-order valence-electron chi connectivity index (χ4n) is 1.16.